The molecular formula is C14H15ClN4O2S. The number of aromatic hydroxyl groups is 1. The third kappa shape index (κ3) is 3.15. The second-order valence-corrected chi connectivity index (χ2v) is 6.05. The van der Waals surface area contributed by atoms with Gasteiger partial charge in [0.25, 0.3) is 5.91 Å². The van der Waals surface area contributed by atoms with E-state index in [0.29, 0.717) is 28.8 Å². The first-order valence-electron chi connectivity index (χ1n) is 6.98. The molecule has 1 aliphatic rings. The van der Waals surface area contributed by atoms with Crippen molar-refractivity contribution < 1.29 is 9.90 Å². The normalized spacial score (nSPS) is 14.0. The number of aromatic nitrogens is 3. The van der Waals surface area contributed by atoms with Crippen LogP contribution >= 0.6 is 23.8 Å². The van der Waals surface area contributed by atoms with Gasteiger partial charge in [-0.3, -0.25) is 9.89 Å². The number of benzene rings is 1. The molecule has 1 fully saturated rings. The second kappa shape index (κ2) is 6.10. The van der Waals surface area contributed by atoms with Gasteiger partial charge in [0.05, 0.1) is 5.56 Å². The SMILES string of the molecule is O=C(NCCn1c(C2CC2)n[nH]c1=S)c1cc(Cl)ccc1O. The van der Waals surface area contributed by atoms with Crippen LogP contribution in [0, 0.1) is 4.77 Å². The molecule has 1 heterocycles. The van der Waals surface area contributed by atoms with E-state index in [1.54, 1.807) is 0 Å². The number of H-pyrrole nitrogens is 1. The van der Waals surface area contributed by atoms with Gasteiger partial charge in [-0.1, -0.05) is 11.6 Å². The zero-order chi connectivity index (χ0) is 15.7. The van der Waals surface area contributed by atoms with Crippen molar-refractivity contribution in [1.82, 2.24) is 20.1 Å². The predicted octanol–water partition coefficient (Wildman–Crippen LogP) is 2.61. The van der Waals surface area contributed by atoms with E-state index in [2.05, 4.69) is 15.5 Å². The summed E-state index contributed by atoms with van der Waals surface area (Å²) < 4.78 is 2.47. The molecule has 8 heteroatoms. The van der Waals surface area contributed by atoms with Gasteiger partial charge in [-0.15, -0.1) is 0 Å². The van der Waals surface area contributed by atoms with Gasteiger partial charge in [0.15, 0.2) is 4.77 Å². The van der Waals surface area contributed by atoms with Gasteiger partial charge in [-0.2, -0.15) is 5.10 Å². The molecule has 0 aliphatic heterocycles. The summed E-state index contributed by atoms with van der Waals surface area (Å²) in [6.45, 7) is 0.923. The maximum atomic E-state index is 12.1. The Balaban J connectivity index is 1.63. The van der Waals surface area contributed by atoms with Gasteiger partial charge < -0.3 is 15.0 Å². The highest BCUT2D eigenvalue weighted by atomic mass is 35.5. The third-order valence-electron chi connectivity index (χ3n) is 3.55. The minimum atomic E-state index is -0.372. The van der Waals surface area contributed by atoms with Crippen LogP contribution in [0.5, 0.6) is 5.75 Å². The van der Waals surface area contributed by atoms with Gasteiger partial charge in [-0.05, 0) is 43.3 Å². The van der Waals surface area contributed by atoms with E-state index in [1.807, 2.05) is 4.57 Å². The lowest BCUT2D eigenvalue weighted by molar-refractivity contribution is 0.0949. The summed E-state index contributed by atoms with van der Waals surface area (Å²) in [6, 6.07) is 4.36. The molecule has 0 bridgehead atoms. The van der Waals surface area contributed by atoms with Crippen molar-refractivity contribution >= 4 is 29.7 Å². The molecule has 22 heavy (non-hydrogen) atoms. The number of carbonyl (C=O) groups excluding carboxylic acids is 1. The fourth-order valence-electron chi connectivity index (χ4n) is 2.27. The van der Waals surface area contributed by atoms with Crippen molar-refractivity contribution in [2.75, 3.05) is 6.54 Å². The Morgan fingerprint density at radius 1 is 1.55 bits per heavy atom. The molecular weight excluding hydrogens is 324 g/mol. The molecule has 1 aromatic heterocycles. The van der Waals surface area contributed by atoms with Gasteiger partial charge in [0.2, 0.25) is 0 Å². The van der Waals surface area contributed by atoms with E-state index < -0.39 is 0 Å². The van der Waals surface area contributed by atoms with Crippen molar-refractivity contribution in [2.24, 2.45) is 0 Å². The van der Waals surface area contributed by atoms with Crippen LogP contribution in [0.25, 0.3) is 0 Å². The number of phenolic OH excluding ortho intramolecular Hbond substituents is 1. The fourth-order valence-corrected chi connectivity index (χ4v) is 2.67. The number of aromatic amines is 1. The fraction of sp³-hybridized carbons (Fsp3) is 0.357. The lowest BCUT2D eigenvalue weighted by atomic mass is 10.2. The molecule has 2 aromatic rings. The number of nitrogens with zero attached hydrogens (tertiary/aromatic N) is 2. The molecule has 0 radical (unpaired) electrons. The number of nitrogens with one attached hydrogen (secondary N) is 2. The number of carbonyl (C=O) groups is 1. The third-order valence-corrected chi connectivity index (χ3v) is 4.10. The largest absolute Gasteiger partial charge is 0.507 e. The molecule has 1 amide bonds. The molecule has 1 saturated carbocycles. The minimum absolute atomic E-state index is 0.0968. The van der Waals surface area contributed by atoms with Crippen LogP contribution in [0.4, 0.5) is 0 Å². The molecule has 3 rings (SSSR count). The van der Waals surface area contributed by atoms with Crippen LogP contribution in [-0.4, -0.2) is 32.3 Å². The number of rotatable bonds is 5. The maximum Gasteiger partial charge on any atom is 0.255 e. The average molecular weight is 339 g/mol. The summed E-state index contributed by atoms with van der Waals surface area (Å²) in [7, 11) is 0. The Hall–Kier alpha value is -1.86. The smallest absolute Gasteiger partial charge is 0.255 e. The number of halogens is 1. The molecule has 0 atom stereocenters. The number of hydrogen-bond donors (Lipinski definition) is 3. The molecule has 0 unspecified atom stereocenters. The zero-order valence-electron chi connectivity index (χ0n) is 11.7. The Labute approximate surface area is 137 Å². The molecule has 116 valence electrons. The lowest BCUT2D eigenvalue weighted by Crippen LogP contribution is -2.27. The highest BCUT2D eigenvalue weighted by molar-refractivity contribution is 7.71. The van der Waals surface area contributed by atoms with Crippen LogP contribution in [-0.2, 0) is 6.54 Å². The summed E-state index contributed by atoms with van der Waals surface area (Å²) in [5.74, 6) is 0.953. The van der Waals surface area contributed by atoms with E-state index in [-0.39, 0.29) is 17.2 Å². The highest BCUT2D eigenvalue weighted by Crippen LogP contribution is 2.38. The topological polar surface area (TPSA) is 82.9 Å². The number of hydrogen-bond acceptors (Lipinski definition) is 4. The number of amides is 1. The summed E-state index contributed by atoms with van der Waals surface area (Å²) in [6.07, 6.45) is 2.25. The number of phenols is 1. The first-order chi connectivity index (χ1) is 10.6. The van der Waals surface area contributed by atoms with E-state index in [0.717, 1.165) is 18.7 Å². The van der Waals surface area contributed by atoms with Crippen molar-refractivity contribution in [2.45, 2.75) is 25.3 Å². The molecule has 0 spiro atoms. The van der Waals surface area contributed by atoms with Crippen LogP contribution < -0.4 is 5.32 Å². The Morgan fingerprint density at radius 3 is 3.05 bits per heavy atom. The highest BCUT2D eigenvalue weighted by Gasteiger charge is 2.28. The van der Waals surface area contributed by atoms with E-state index >= 15 is 0 Å². The molecule has 1 aromatic carbocycles. The van der Waals surface area contributed by atoms with E-state index in [1.165, 1.54) is 18.2 Å². The molecule has 0 saturated heterocycles. The summed E-state index contributed by atoms with van der Waals surface area (Å²) in [5.41, 5.74) is 0.158. The standard InChI is InChI=1S/C14H15ClN4O2S/c15-9-3-4-11(20)10(7-9)13(21)16-5-6-19-12(8-1-2-8)17-18-14(19)22/h3-4,7-8,20H,1-2,5-6H2,(H,16,21)(H,18,22). The van der Waals surface area contributed by atoms with Gasteiger partial charge in [0, 0.05) is 24.0 Å². The van der Waals surface area contributed by atoms with Crippen molar-refractivity contribution in [3.05, 3.63) is 39.4 Å². The second-order valence-electron chi connectivity index (χ2n) is 5.23. The first-order valence-corrected chi connectivity index (χ1v) is 7.76. The summed E-state index contributed by atoms with van der Waals surface area (Å²) in [5, 5.41) is 19.9. The maximum absolute atomic E-state index is 12.1. The quantitative estimate of drug-likeness (QED) is 0.732. The van der Waals surface area contributed by atoms with E-state index in [9.17, 15) is 9.90 Å². The molecule has 6 nitrogen and oxygen atoms in total. The minimum Gasteiger partial charge on any atom is -0.507 e. The Kier molecular flexibility index (Phi) is 4.17. The van der Waals surface area contributed by atoms with Crippen molar-refractivity contribution in [3.8, 4) is 5.75 Å². The monoisotopic (exact) mass is 338 g/mol. The van der Waals surface area contributed by atoms with Gasteiger partial charge >= 0.3 is 0 Å². The van der Waals surface area contributed by atoms with Crippen LogP contribution in [0.3, 0.4) is 0 Å². The van der Waals surface area contributed by atoms with Gasteiger partial charge in [0.1, 0.15) is 11.6 Å². The molecule has 1 aliphatic carbocycles. The Morgan fingerprint density at radius 2 is 2.32 bits per heavy atom. The summed E-state index contributed by atoms with van der Waals surface area (Å²) in [4.78, 5) is 12.1. The predicted molar refractivity (Wildman–Crippen MR) is 84.8 cm³/mol. The Bertz CT molecular complexity index is 766. The summed E-state index contributed by atoms with van der Waals surface area (Å²) >= 11 is 11.0. The average Bonchev–Trinajstić information content (AvgIpc) is 3.27. The van der Waals surface area contributed by atoms with Crippen LogP contribution in [0.2, 0.25) is 5.02 Å². The van der Waals surface area contributed by atoms with Gasteiger partial charge in [-0.25, -0.2) is 0 Å². The zero-order valence-corrected chi connectivity index (χ0v) is 13.2. The van der Waals surface area contributed by atoms with Crippen molar-refractivity contribution in [3.63, 3.8) is 0 Å². The van der Waals surface area contributed by atoms with Crippen LogP contribution in [0.15, 0.2) is 18.2 Å². The van der Waals surface area contributed by atoms with Crippen LogP contribution in [0.1, 0.15) is 34.9 Å². The van der Waals surface area contributed by atoms with E-state index in [4.69, 9.17) is 23.8 Å². The van der Waals surface area contributed by atoms with Crippen molar-refractivity contribution in [1.29, 1.82) is 0 Å². The first kappa shape index (κ1) is 15.1. The molecule has 3 N–H and O–H groups in total. The lowest BCUT2D eigenvalue weighted by Gasteiger charge is -2.09.